The lowest BCUT2D eigenvalue weighted by molar-refractivity contribution is 0.0948. The van der Waals surface area contributed by atoms with Crippen LogP contribution >= 0.6 is 0 Å². The molecule has 0 atom stereocenters. The number of amides is 2. The van der Waals surface area contributed by atoms with Gasteiger partial charge in [-0.3, -0.25) is 19.2 Å². The summed E-state index contributed by atoms with van der Waals surface area (Å²) in [6.07, 6.45) is 3.22. The van der Waals surface area contributed by atoms with Crippen molar-refractivity contribution in [2.24, 2.45) is 0 Å². The van der Waals surface area contributed by atoms with Crippen LogP contribution in [0.5, 0.6) is 0 Å². The first-order valence-electron chi connectivity index (χ1n) is 16.8. The highest BCUT2D eigenvalue weighted by Gasteiger charge is 2.28. The van der Waals surface area contributed by atoms with E-state index >= 15 is 0 Å². The third-order valence-corrected chi connectivity index (χ3v) is 9.25. The van der Waals surface area contributed by atoms with Gasteiger partial charge in [-0.1, -0.05) is 24.3 Å². The fourth-order valence-corrected chi connectivity index (χ4v) is 7.11. The highest BCUT2D eigenvalue weighted by Crippen LogP contribution is 2.38. The zero-order valence-corrected chi connectivity index (χ0v) is 28.8. The van der Waals surface area contributed by atoms with Gasteiger partial charge in [0.05, 0.1) is 44.7 Å². The monoisotopic (exact) mass is 699 g/mol. The van der Waals surface area contributed by atoms with Crippen molar-refractivity contribution in [1.82, 2.24) is 24.7 Å². The molecule has 4 heterocycles. The quantitative estimate of drug-likeness (QED) is 0.146. The molecular formula is C41H35F2N5O4. The van der Waals surface area contributed by atoms with Crippen LogP contribution in [0.2, 0.25) is 0 Å². The molecule has 11 heteroatoms. The van der Waals surface area contributed by atoms with Crippen LogP contribution in [0.25, 0.3) is 44.3 Å². The van der Waals surface area contributed by atoms with Crippen molar-refractivity contribution < 1.29 is 28.0 Å². The number of carbonyl (C=O) groups excluding carboxylic acids is 4. The summed E-state index contributed by atoms with van der Waals surface area (Å²) in [5, 5.41) is 7.24. The fourth-order valence-electron chi connectivity index (χ4n) is 7.11. The van der Waals surface area contributed by atoms with E-state index in [-0.39, 0.29) is 35.0 Å². The smallest absolute Gasteiger partial charge is 0.253 e. The third-order valence-electron chi connectivity index (χ3n) is 9.25. The van der Waals surface area contributed by atoms with Crippen LogP contribution in [0.15, 0.2) is 97.2 Å². The number of rotatable bonds is 6. The van der Waals surface area contributed by atoms with Gasteiger partial charge in [0.25, 0.3) is 11.8 Å². The Hall–Kier alpha value is -6.36. The zero-order valence-electron chi connectivity index (χ0n) is 28.8. The average molecular weight is 700 g/mol. The van der Waals surface area contributed by atoms with Crippen molar-refractivity contribution in [1.29, 1.82) is 0 Å². The number of ketones is 2. The second-order valence-electron chi connectivity index (χ2n) is 12.9. The molecule has 2 aromatic heterocycles. The number of nitrogens with one attached hydrogen (secondary N) is 2. The number of Topliss-reactive ketones (excluding diaryl/α,β-unsaturated/α-hetero) is 1. The van der Waals surface area contributed by atoms with Crippen LogP contribution in [0.1, 0.15) is 48.4 Å². The number of benzene rings is 4. The highest BCUT2D eigenvalue weighted by atomic mass is 19.1. The summed E-state index contributed by atoms with van der Waals surface area (Å²) in [6.45, 7) is 3.52. The number of hydrogen-bond acceptors (Lipinski definition) is 5. The summed E-state index contributed by atoms with van der Waals surface area (Å²) >= 11 is 0. The number of nitrogens with zero attached hydrogens (tertiary/aromatic N) is 3. The number of halogens is 2. The van der Waals surface area contributed by atoms with E-state index in [0.29, 0.717) is 54.1 Å². The molecule has 0 spiro atoms. The van der Waals surface area contributed by atoms with E-state index in [4.69, 9.17) is 0 Å². The first-order chi connectivity index (χ1) is 25.0. The maximum absolute atomic E-state index is 13.5. The van der Waals surface area contributed by atoms with Crippen LogP contribution in [-0.2, 0) is 13.1 Å². The van der Waals surface area contributed by atoms with Gasteiger partial charge >= 0.3 is 0 Å². The van der Waals surface area contributed by atoms with E-state index in [1.165, 1.54) is 37.3 Å². The molecular weight excluding hydrogens is 664 g/mol. The van der Waals surface area contributed by atoms with E-state index in [1.807, 2.05) is 35.4 Å². The van der Waals surface area contributed by atoms with Gasteiger partial charge in [0.2, 0.25) is 0 Å². The maximum Gasteiger partial charge on any atom is 0.253 e. The molecule has 52 heavy (non-hydrogen) atoms. The van der Waals surface area contributed by atoms with Crippen LogP contribution in [-0.4, -0.2) is 64.6 Å². The largest absolute Gasteiger partial charge is 0.383 e. The maximum atomic E-state index is 13.5. The van der Waals surface area contributed by atoms with Gasteiger partial charge in [0.1, 0.15) is 11.6 Å². The predicted octanol–water partition coefficient (Wildman–Crippen LogP) is 6.84. The second-order valence-corrected chi connectivity index (χ2v) is 12.9. The van der Waals surface area contributed by atoms with E-state index in [0.717, 1.165) is 38.6 Å². The molecule has 262 valence electrons. The van der Waals surface area contributed by atoms with E-state index in [2.05, 4.69) is 10.6 Å². The van der Waals surface area contributed by atoms with Crippen molar-refractivity contribution in [3.8, 4) is 22.5 Å². The summed E-state index contributed by atoms with van der Waals surface area (Å²) in [5.74, 6) is -1.19. The molecule has 2 aliphatic heterocycles. The lowest BCUT2D eigenvalue weighted by atomic mass is 10.00. The Kier molecular flexibility index (Phi) is 9.02. The van der Waals surface area contributed by atoms with Gasteiger partial charge < -0.3 is 24.7 Å². The van der Waals surface area contributed by atoms with Crippen molar-refractivity contribution in [2.45, 2.75) is 20.0 Å². The SMILES string of the molecule is CC(=O)c1c(-c2ccc(F)cc2)n2c3c(cccc13)C(=O)NCC2.CN(C)/C=C/C(=O)c1c(-c2ccc(F)cc2)n2c3c(cccc13)C(=O)NCC2. The van der Waals surface area contributed by atoms with Crippen LogP contribution in [0, 0.1) is 11.6 Å². The third kappa shape index (κ3) is 6.04. The van der Waals surface area contributed by atoms with E-state index in [1.54, 1.807) is 59.6 Å². The Morgan fingerprint density at radius 1 is 0.673 bits per heavy atom. The number of para-hydroxylation sites is 2. The molecule has 6 aromatic rings. The molecule has 2 amide bonds. The Morgan fingerprint density at radius 2 is 1.12 bits per heavy atom. The molecule has 9 nitrogen and oxygen atoms in total. The van der Waals surface area contributed by atoms with E-state index in [9.17, 15) is 28.0 Å². The number of carbonyl (C=O) groups is 4. The van der Waals surface area contributed by atoms with Gasteiger partial charge in [-0.2, -0.15) is 0 Å². The lowest BCUT2D eigenvalue weighted by Gasteiger charge is -2.11. The summed E-state index contributed by atoms with van der Waals surface area (Å²) < 4.78 is 30.8. The fraction of sp³-hybridized carbons (Fsp3) is 0.171. The molecule has 0 saturated heterocycles. The zero-order chi connectivity index (χ0) is 36.7. The van der Waals surface area contributed by atoms with Gasteiger partial charge in [-0.25, -0.2) is 8.78 Å². The Bertz CT molecular complexity index is 2440. The molecule has 0 bridgehead atoms. The first kappa shape index (κ1) is 34.1. The Labute approximate surface area is 298 Å². The summed E-state index contributed by atoms with van der Waals surface area (Å²) in [5.41, 5.74) is 6.63. The van der Waals surface area contributed by atoms with Crippen LogP contribution in [0.4, 0.5) is 8.78 Å². The number of hydrogen-bond donors (Lipinski definition) is 2. The Morgan fingerprint density at radius 3 is 1.56 bits per heavy atom. The standard InChI is InChI=1S/C22H20FN3O2.C19H15FN2O2/c1-25(2)12-10-18(27)19-16-4-3-5-17-21(16)26(13-11-24-22(17)28)20(19)14-6-8-15(23)9-7-14;1-11(23)16-14-3-2-4-15-18(14)22(10-9-21-19(15)24)17(16)12-5-7-13(20)8-6-12/h3-10,12H,11,13H2,1-2H3,(H,24,28);2-8H,9-10H2,1H3,(H,21,24)/b12-10+;. The average Bonchev–Trinajstić information content (AvgIpc) is 3.51. The summed E-state index contributed by atoms with van der Waals surface area (Å²) in [4.78, 5) is 52.1. The molecule has 0 unspecified atom stereocenters. The Balaban J connectivity index is 0.000000164. The van der Waals surface area contributed by atoms with Crippen LogP contribution < -0.4 is 10.6 Å². The molecule has 0 fully saturated rings. The van der Waals surface area contributed by atoms with Crippen molar-refractivity contribution in [3.05, 3.63) is 131 Å². The predicted molar refractivity (Wildman–Crippen MR) is 196 cm³/mol. The number of aromatic nitrogens is 2. The minimum atomic E-state index is -0.339. The molecule has 8 rings (SSSR count). The molecule has 0 saturated carbocycles. The molecule has 2 aliphatic rings. The first-order valence-corrected chi connectivity index (χ1v) is 16.8. The molecule has 0 radical (unpaired) electrons. The molecule has 2 N–H and O–H groups in total. The van der Waals surface area contributed by atoms with Gasteiger partial charge in [-0.15, -0.1) is 0 Å². The van der Waals surface area contributed by atoms with Crippen molar-refractivity contribution in [3.63, 3.8) is 0 Å². The minimum Gasteiger partial charge on any atom is -0.383 e. The topological polar surface area (TPSA) is 105 Å². The lowest BCUT2D eigenvalue weighted by Crippen LogP contribution is -2.24. The minimum absolute atomic E-state index is 0.0730. The molecule has 4 aromatic carbocycles. The number of allylic oxidation sites excluding steroid dienone is 1. The summed E-state index contributed by atoms with van der Waals surface area (Å²) in [6, 6.07) is 23.0. The van der Waals surface area contributed by atoms with Crippen LogP contribution in [0.3, 0.4) is 0 Å². The normalized spacial score (nSPS) is 13.6. The van der Waals surface area contributed by atoms with E-state index < -0.39 is 0 Å². The second kappa shape index (κ2) is 13.7. The summed E-state index contributed by atoms with van der Waals surface area (Å²) in [7, 11) is 3.68. The van der Waals surface area contributed by atoms with Gasteiger partial charge in [0, 0.05) is 63.3 Å². The van der Waals surface area contributed by atoms with Gasteiger partial charge in [0.15, 0.2) is 11.6 Å². The van der Waals surface area contributed by atoms with Crippen molar-refractivity contribution >= 4 is 45.2 Å². The molecule has 0 aliphatic carbocycles. The highest BCUT2D eigenvalue weighted by molar-refractivity contribution is 6.21. The van der Waals surface area contributed by atoms with Gasteiger partial charge in [-0.05, 0) is 78.7 Å². The van der Waals surface area contributed by atoms with Crippen molar-refractivity contribution in [2.75, 3.05) is 27.2 Å².